The Morgan fingerprint density at radius 1 is 0.458 bits per heavy atom. The molecule has 0 amide bonds. The average Bonchev–Trinajstić information content (AvgIpc) is 3.00. The van der Waals surface area contributed by atoms with E-state index in [0.717, 1.165) is 0 Å². The molecule has 1 aromatic carbocycles. The number of hydrogen-bond donors (Lipinski definition) is 2. The van der Waals surface area contributed by atoms with E-state index in [2.05, 4.69) is 10.2 Å². The molecular formula is C38H50N2O6P2. The van der Waals surface area contributed by atoms with E-state index in [1.807, 2.05) is 153 Å². The first kappa shape index (κ1) is 36.3. The lowest BCUT2D eigenvalue weighted by Gasteiger charge is -2.41. The number of benzene rings is 1. The third-order valence-corrected chi connectivity index (χ3v) is 13.7. The Morgan fingerprint density at radius 2 is 0.688 bits per heavy atom. The maximum Gasteiger partial charge on any atom is 0.434 e. The van der Waals surface area contributed by atoms with Gasteiger partial charge in [-0.05, 0) is 52.0 Å². The molecule has 1 aromatic rings. The van der Waals surface area contributed by atoms with Crippen LogP contribution in [0.2, 0.25) is 0 Å². The number of rotatable bonds is 12. The van der Waals surface area contributed by atoms with Crippen molar-refractivity contribution in [3.63, 3.8) is 0 Å². The highest BCUT2D eigenvalue weighted by Crippen LogP contribution is 2.59. The van der Waals surface area contributed by atoms with Gasteiger partial charge in [-0.25, -0.2) is 9.13 Å². The molecule has 8 atom stereocenters. The minimum absolute atomic E-state index is 0.0490. The van der Waals surface area contributed by atoms with E-state index in [1.165, 1.54) is 0 Å². The van der Waals surface area contributed by atoms with Crippen molar-refractivity contribution in [2.24, 2.45) is 23.7 Å². The first-order valence-corrected chi connectivity index (χ1v) is 19.7. The van der Waals surface area contributed by atoms with Crippen molar-refractivity contribution in [1.29, 1.82) is 0 Å². The molecule has 0 radical (unpaired) electrons. The third kappa shape index (κ3) is 8.08. The summed E-state index contributed by atoms with van der Waals surface area (Å²) >= 11 is 0. The lowest BCUT2D eigenvalue weighted by molar-refractivity contribution is 0.0281. The second-order valence-electron chi connectivity index (χ2n) is 14.0. The van der Waals surface area contributed by atoms with Crippen LogP contribution in [-0.4, -0.2) is 22.4 Å². The van der Waals surface area contributed by atoms with Gasteiger partial charge in [-0.2, -0.15) is 0 Å². The van der Waals surface area contributed by atoms with Crippen LogP contribution in [0.4, 0.5) is 11.4 Å². The summed E-state index contributed by atoms with van der Waals surface area (Å²) in [7, 11) is -7.99. The van der Waals surface area contributed by atoms with Gasteiger partial charge in [-0.3, -0.25) is 28.3 Å². The second kappa shape index (κ2) is 13.7. The van der Waals surface area contributed by atoms with E-state index in [9.17, 15) is 9.13 Å². The van der Waals surface area contributed by atoms with Crippen molar-refractivity contribution in [3.05, 3.63) is 121 Å². The van der Waals surface area contributed by atoms with Gasteiger partial charge in [0.25, 0.3) is 0 Å². The quantitative estimate of drug-likeness (QED) is 0.209. The molecule has 0 heterocycles. The first-order chi connectivity index (χ1) is 22.5. The monoisotopic (exact) mass is 692 g/mol. The zero-order chi connectivity index (χ0) is 34.8. The maximum atomic E-state index is 14.7. The highest BCUT2D eigenvalue weighted by Gasteiger charge is 2.46. The van der Waals surface area contributed by atoms with Crippen molar-refractivity contribution in [3.8, 4) is 0 Å². The molecule has 0 fully saturated rings. The van der Waals surface area contributed by atoms with E-state index < -0.39 is 37.9 Å². The molecule has 0 saturated carbocycles. The number of allylic oxidation sites excluding steroid dienone is 8. The number of anilines is 2. The Balaban J connectivity index is 1.41. The largest absolute Gasteiger partial charge is 0.434 e. The van der Waals surface area contributed by atoms with Gasteiger partial charge in [0.05, 0.1) is 0 Å². The predicted octanol–water partition coefficient (Wildman–Crippen LogP) is 10.9. The van der Waals surface area contributed by atoms with Crippen LogP contribution in [0.1, 0.15) is 55.4 Å². The minimum Gasteiger partial charge on any atom is -0.293 e. The number of hydrogen-bond acceptors (Lipinski definition) is 6. The van der Waals surface area contributed by atoms with Gasteiger partial charge >= 0.3 is 15.5 Å². The van der Waals surface area contributed by atoms with Crippen molar-refractivity contribution >= 4 is 26.9 Å². The fraction of sp³-hybridized carbons (Fsp3) is 0.421. The molecule has 8 unspecified atom stereocenters. The highest BCUT2D eigenvalue weighted by atomic mass is 31.2. The fourth-order valence-electron chi connectivity index (χ4n) is 5.84. The van der Waals surface area contributed by atoms with Crippen LogP contribution in [0.5, 0.6) is 0 Å². The summed E-state index contributed by atoms with van der Waals surface area (Å²) in [6.45, 7) is 15.7. The Hall–Kier alpha value is -2.96. The topological polar surface area (TPSA) is 95.1 Å². The van der Waals surface area contributed by atoms with E-state index in [0.29, 0.717) is 11.4 Å². The van der Waals surface area contributed by atoms with Crippen LogP contribution in [0.15, 0.2) is 121 Å². The van der Waals surface area contributed by atoms with E-state index >= 15 is 0 Å². The summed E-state index contributed by atoms with van der Waals surface area (Å²) < 4.78 is 55.1. The van der Waals surface area contributed by atoms with Crippen LogP contribution < -0.4 is 10.2 Å². The van der Waals surface area contributed by atoms with Gasteiger partial charge in [0.2, 0.25) is 0 Å². The molecule has 0 aliphatic heterocycles. The van der Waals surface area contributed by atoms with Crippen LogP contribution in [0, 0.1) is 23.7 Å². The van der Waals surface area contributed by atoms with Crippen molar-refractivity contribution in [2.45, 2.75) is 77.8 Å². The third-order valence-electron chi connectivity index (χ3n) is 10.1. The molecular weight excluding hydrogens is 642 g/mol. The fourth-order valence-corrected chi connectivity index (χ4v) is 10.0. The van der Waals surface area contributed by atoms with Crippen LogP contribution in [-0.2, 0) is 27.2 Å². The molecule has 258 valence electrons. The Morgan fingerprint density at radius 3 is 0.896 bits per heavy atom. The summed E-state index contributed by atoms with van der Waals surface area (Å²) in [6.07, 6.45) is 31.1. The zero-order valence-electron chi connectivity index (χ0n) is 29.2. The van der Waals surface area contributed by atoms with Gasteiger partial charge in [0, 0.05) is 35.0 Å². The first-order valence-electron chi connectivity index (χ1n) is 16.6. The summed E-state index contributed by atoms with van der Waals surface area (Å²) in [5.41, 5.74) is -2.50. The van der Waals surface area contributed by atoms with Gasteiger partial charge < -0.3 is 0 Å². The van der Waals surface area contributed by atoms with Crippen molar-refractivity contribution < 1.29 is 27.2 Å². The normalized spacial score (nSPS) is 37.7. The minimum atomic E-state index is -3.99. The molecule has 0 bridgehead atoms. The Bertz CT molecular complexity index is 1480. The van der Waals surface area contributed by atoms with E-state index in [-0.39, 0.29) is 23.7 Å². The van der Waals surface area contributed by atoms with Crippen LogP contribution in [0.3, 0.4) is 0 Å². The van der Waals surface area contributed by atoms with Crippen molar-refractivity contribution in [2.75, 3.05) is 10.2 Å². The van der Waals surface area contributed by atoms with Crippen LogP contribution in [0.25, 0.3) is 0 Å². The molecule has 0 spiro atoms. The van der Waals surface area contributed by atoms with Gasteiger partial charge in [0.15, 0.2) is 0 Å². The lowest BCUT2D eigenvalue weighted by Crippen LogP contribution is -2.39. The molecule has 8 nitrogen and oxygen atoms in total. The van der Waals surface area contributed by atoms with Gasteiger partial charge in [-0.15, -0.1) is 0 Å². The summed E-state index contributed by atoms with van der Waals surface area (Å²) in [5, 5.41) is 6.18. The summed E-state index contributed by atoms with van der Waals surface area (Å²) in [6, 6.07) is 6.94. The molecule has 2 N–H and O–H groups in total. The standard InChI is InChI=1S/C38H50N2O6P2/c1-29-17-9-13-25-35(29,5)43-47(41,44-36(6)26-14-10-18-30(36)2)39-33-21-23-34(24-22-33)40-48(42,45-37(7)27-15-11-19-31(37)3)46-38(8)28-16-12-20-32(38)4/h9-32H,1-8H3,(H,39,41)(H,40,42). The maximum absolute atomic E-state index is 14.7. The number of nitrogens with one attached hydrogen (secondary N) is 2. The van der Waals surface area contributed by atoms with Crippen LogP contribution >= 0.6 is 15.5 Å². The molecule has 48 heavy (non-hydrogen) atoms. The molecule has 0 saturated heterocycles. The van der Waals surface area contributed by atoms with Gasteiger partial charge in [-0.1, -0.05) is 125 Å². The summed E-state index contributed by atoms with van der Waals surface area (Å²) in [5.74, 6) is -0.196. The summed E-state index contributed by atoms with van der Waals surface area (Å²) in [4.78, 5) is 0. The Labute approximate surface area is 286 Å². The van der Waals surface area contributed by atoms with E-state index in [1.54, 1.807) is 24.3 Å². The smallest absolute Gasteiger partial charge is 0.293 e. The SMILES string of the molecule is CC1C=CC=CC1(C)OP(=O)(Nc1ccc(NP(=O)(OC2(C)C=CC=CC2C)OC2(C)C=CC=CC2C)cc1)OC1(C)C=CC=CC1C. The zero-order valence-corrected chi connectivity index (χ0v) is 31.0. The Kier molecular flexibility index (Phi) is 10.4. The molecule has 10 heteroatoms. The molecule has 0 aromatic heterocycles. The lowest BCUT2D eigenvalue weighted by atomic mass is 9.87. The van der Waals surface area contributed by atoms with Crippen molar-refractivity contribution in [1.82, 2.24) is 0 Å². The second-order valence-corrected chi connectivity index (χ2v) is 17.2. The van der Waals surface area contributed by atoms with E-state index in [4.69, 9.17) is 18.1 Å². The van der Waals surface area contributed by atoms with Gasteiger partial charge in [0.1, 0.15) is 22.4 Å². The highest BCUT2D eigenvalue weighted by molar-refractivity contribution is 7.56. The predicted molar refractivity (Wildman–Crippen MR) is 197 cm³/mol. The molecule has 4 aliphatic carbocycles. The molecule has 5 rings (SSSR count). The average molecular weight is 693 g/mol. The molecule has 4 aliphatic rings.